The van der Waals surface area contributed by atoms with Gasteiger partial charge in [-0.05, 0) is 38.2 Å². The minimum atomic E-state index is 0.568. The molecule has 0 aromatic heterocycles. The average molecular weight is 266 g/mol. The Kier molecular flexibility index (Phi) is 4.64. The Labute approximate surface area is 113 Å². The van der Waals surface area contributed by atoms with E-state index in [1.54, 1.807) is 0 Å². The Morgan fingerprint density at radius 1 is 1.44 bits per heavy atom. The van der Waals surface area contributed by atoms with E-state index in [0.29, 0.717) is 18.3 Å². The van der Waals surface area contributed by atoms with Crippen molar-refractivity contribution in [3.05, 3.63) is 18.2 Å². The summed E-state index contributed by atoms with van der Waals surface area (Å²) in [7, 11) is 0. The fraction of sp³-hybridized carbons (Fsp3) is 0.571. The van der Waals surface area contributed by atoms with Crippen molar-refractivity contribution in [2.75, 3.05) is 23.9 Å². The second-order valence-electron chi connectivity index (χ2n) is 4.64. The molecule has 1 aliphatic carbocycles. The molecule has 0 bridgehead atoms. The summed E-state index contributed by atoms with van der Waals surface area (Å²) in [4.78, 5) is 0. The second kappa shape index (κ2) is 6.23. The van der Waals surface area contributed by atoms with Gasteiger partial charge in [0.15, 0.2) is 0 Å². The zero-order chi connectivity index (χ0) is 13.0. The van der Waals surface area contributed by atoms with Crippen LogP contribution in [-0.4, -0.2) is 24.2 Å². The number of hydrogen-bond acceptors (Lipinski definition) is 4. The summed E-state index contributed by atoms with van der Waals surface area (Å²) in [6, 6.07) is 6.52. The highest BCUT2D eigenvalue weighted by molar-refractivity contribution is 7.99. The first-order valence-electron chi connectivity index (χ1n) is 6.56. The van der Waals surface area contributed by atoms with Crippen molar-refractivity contribution in [3.63, 3.8) is 0 Å². The Morgan fingerprint density at radius 2 is 2.28 bits per heavy atom. The minimum absolute atomic E-state index is 0.568. The number of anilines is 2. The van der Waals surface area contributed by atoms with E-state index in [4.69, 9.17) is 10.5 Å². The van der Waals surface area contributed by atoms with Crippen molar-refractivity contribution in [1.82, 2.24) is 0 Å². The molecule has 0 aliphatic heterocycles. The van der Waals surface area contributed by atoms with Crippen LogP contribution in [0.1, 0.15) is 26.2 Å². The molecule has 1 saturated carbocycles. The molecule has 3 N–H and O–H groups in total. The van der Waals surface area contributed by atoms with Crippen molar-refractivity contribution >= 4 is 23.1 Å². The molecule has 0 radical (unpaired) electrons. The zero-order valence-corrected chi connectivity index (χ0v) is 11.9. The van der Waals surface area contributed by atoms with Crippen molar-refractivity contribution in [2.45, 2.75) is 37.5 Å². The highest BCUT2D eigenvalue weighted by Gasteiger charge is 2.26. The molecule has 1 aromatic rings. The third kappa shape index (κ3) is 3.05. The Morgan fingerprint density at radius 3 is 3.00 bits per heavy atom. The summed E-state index contributed by atoms with van der Waals surface area (Å²) in [5.74, 6) is 0.779. The van der Waals surface area contributed by atoms with E-state index in [2.05, 4.69) is 11.6 Å². The lowest BCUT2D eigenvalue weighted by atomic mass is 10.2. The lowest BCUT2D eigenvalue weighted by molar-refractivity contribution is 0.342. The average Bonchev–Trinajstić information content (AvgIpc) is 2.81. The van der Waals surface area contributed by atoms with Gasteiger partial charge in [-0.3, -0.25) is 0 Å². The fourth-order valence-electron chi connectivity index (χ4n) is 2.49. The number of nitrogen functional groups attached to an aromatic ring is 1. The van der Waals surface area contributed by atoms with Crippen LogP contribution >= 0.6 is 11.8 Å². The highest BCUT2D eigenvalue weighted by atomic mass is 32.2. The maximum Gasteiger partial charge on any atom is 0.144 e. The summed E-state index contributed by atoms with van der Waals surface area (Å²) in [6.45, 7) is 2.62. The van der Waals surface area contributed by atoms with Gasteiger partial charge in [0, 0.05) is 23.0 Å². The first-order chi connectivity index (χ1) is 8.74. The van der Waals surface area contributed by atoms with E-state index < -0.39 is 0 Å². The Bertz CT molecular complexity index is 397. The monoisotopic (exact) mass is 266 g/mol. The molecule has 0 spiro atoms. The number of benzene rings is 1. The summed E-state index contributed by atoms with van der Waals surface area (Å²) in [5.41, 5.74) is 7.69. The molecule has 2 unspecified atom stereocenters. The first kappa shape index (κ1) is 13.4. The maximum atomic E-state index is 5.88. The molecule has 0 saturated heterocycles. The van der Waals surface area contributed by atoms with E-state index >= 15 is 0 Å². The highest BCUT2D eigenvalue weighted by Crippen LogP contribution is 2.32. The quantitative estimate of drug-likeness (QED) is 0.802. The van der Waals surface area contributed by atoms with Gasteiger partial charge < -0.3 is 15.8 Å². The lowest BCUT2D eigenvalue weighted by Gasteiger charge is -2.21. The van der Waals surface area contributed by atoms with Gasteiger partial charge in [0.2, 0.25) is 0 Å². The fourth-order valence-corrected chi connectivity index (χ4v) is 3.43. The van der Waals surface area contributed by atoms with E-state index in [-0.39, 0.29) is 0 Å². The first-order valence-corrected chi connectivity index (χ1v) is 7.85. The van der Waals surface area contributed by atoms with Crippen molar-refractivity contribution in [1.29, 1.82) is 0 Å². The molecule has 100 valence electrons. The van der Waals surface area contributed by atoms with Crippen LogP contribution in [0.4, 0.5) is 11.4 Å². The topological polar surface area (TPSA) is 47.3 Å². The molecule has 4 heteroatoms. The van der Waals surface area contributed by atoms with Crippen LogP contribution in [0.5, 0.6) is 5.75 Å². The number of ether oxygens (including phenoxy) is 1. The van der Waals surface area contributed by atoms with E-state index in [0.717, 1.165) is 16.7 Å². The number of thioether (sulfide) groups is 1. The van der Waals surface area contributed by atoms with Gasteiger partial charge in [0.05, 0.1) is 12.3 Å². The molecular formula is C14H22N2OS. The predicted octanol–water partition coefficient (Wildman–Crippen LogP) is 3.36. The molecule has 2 atom stereocenters. The molecule has 1 aliphatic rings. The lowest BCUT2D eigenvalue weighted by Crippen LogP contribution is -2.25. The van der Waals surface area contributed by atoms with Gasteiger partial charge in [0.1, 0.15) is 5.75 Å². The third-order valence-corrected chi connectivity index (χ3v) is 4.59. The number of hydrogen-bond donors (Lipinski definition) is 2. The number of rotatable bonds is 5. The summed E-state index contributed by atoms with van der Waals surface area (Å²) >= 11 is 1.96. The van der Waals surface area contributed by atoms with Crippen LogP contribution in [0.3, 0.4) is 0 Å². The Hall–Kier alpha value is -1.03. The molecule has 2 rings (SSSR count). The number of nitrogens with two attached hydrogens (primary N) is 1. The third-order valence-electron chi connectivity index (χ3n) is 3.42. The van der Waals surface area contributed by atoms with Gasteiger partial charge in [-0.25, -0.2) is 0 Å². The van der Waals surface area contributed by atoms with Crippen LogP contribution in [0.25, 0.3) is 0 Å². The maximum absolute atomic E-state index is 5.88. The van der Waals surface area contributed by atoms with E-state index in [1.165, 1.54) is 19.3 Å². The van der Waals surface area contributed by atoms with E-state index in [1.807, 2.05) is 36.9 Å². The van der Waals surface area contributed by atoms with Crippen LogP contribution < -0.4 is 15.8 Å². The predicted molar refractivity (Wildman–Crippen MR) is 80.6 cm³/mol. The van der Waals surface area contributed by atoms with E-state index in [9.17, 15) is 0 Å². The van der Waals surface area contributed by atoms with Crippen molar-refractivity contribution in [2.24, 2.45) is 0 Å². The van der Waals surface area contributed by atoms with Crippen LogP contribution in [0.15, 0.2) is 18.2 Å². The second-order valence-corrected chi connectivity index (χ2v) is 5.72. The molecule has 1 aromatic carbocycles. The summed E-state index contributed by atoms with van der Waals surface area (Å²) < 4.78 is 5.52. The van der Waals surface area contributed by atoms with Crippen LogP contribution in [-0.2, 0) is 0 Å². The smallest absolute Gasteiger partial charge is 0.144 e. The molecule has 3 nitrogen and oxygen atoms in total. The standard InChI is InChI=1S/C14H22N2OS/c1-3-17-13-9-10(7-8-11(13)15)16-12-5-4-6-14(12)18-2/h7-9,12,14,16H,3-6,15H2,1-2H3. The largest absolute Gasteiger partial charge is 0.492 e. The molecule has 18 heavy (non-hydrogen) atoms. The van der Waals surface area contributed by atoms with Gasteiger partial charge in [-0.2, -0.15) is 11.8 Å². The summed E-state index contributed by atoms with van der Waals surface area (Å²) in [6.07, 6.45) is 6.07. The van der Waals surface area contributed by atoms with Crippen LogP contribution in [0, 0.1) is 0 Å². The Balaban J connectivity index is 2.07. The van der Waals surface area contributed by atoms with Crippen molar-refractivity contribution in [3.8, 4) is 5.75 Å². The van der Waals surface area contributed by atoms with Gasteiger partial charge in [-0.1, -0.05) is 6.42 Å². The van der Waals surface area contributed by atoms with Crippen molar-refractivity contribution < 1.29 is 4.74 Å². The molecule has 0 heterocycles. The minimum Gasteiger partial charge on any atom is -0.492 e. The zero-order valence-electron chi connectivity index (χ0n) is 11.1. The molecular weight excluding hydrogens is 244 g/mol. The normalized spacial score (nSPS) is 23.0. The van der Waals surface area contributed by atoms with Gasteiger partial charge >= 0.3 is 0 Å². The SMILES string of the molecule is CCOc1cc(NC2CCCC2SC)ccc1N. The summed E-state index contributed by atoms with van der Waals surface area (Å²) in [5, 5.41) is 4.33. The number of nitrogens with one attached hydrogen (secondary N) is 1. The molecule has 1 fully saturated rings. The van der Waals surface area contributed by atoms with Crippen LogP contribution in [0.2, 0.25) is 0 Å². The molecule has 0 amide bonds. The van der Waals surface area contributed by atoms with Gasteiger partial charge in [-0.15, -0.1) is 0 Å². The van der Waals surface area contributed by atoms with Gasteiger partial charge in [0.25, 0.3) is 0 Å².